The van der Waals surface area contributed by atoms with Gasteiger partial charge in [-0.1, -0.05) is 13.0 Å². The van der Waals surface area contributed by atoms with Crippen LogP contribution in [0.15, 0.2) is 18.3 Å². The van der Waals surface area contributed by atoms with Crippen molar-refractivity contribution in [3.8, 4) is 5.88 Å². The van der Waals surface area contributed by atoms with Crippen molar-refractivity contribution >= 4 is 0 Å². The SMILES string of the molecule is CCN(Cc1cccnc1OC)C1CC2CCC(C1)N2. The van der Waals surface area contributed by atoms with E-state index in [1.54, 1.807) is 13.3 Å². The normalized spacial score (nSPS) is 28.9. The molecule has 0 aliphatic carbocycles. The Labute approximate surface area is 121 Å². The molecule has 0 aromatic carbocycles. The number of ether oxygens (including phenoxy) is 1. The summed E-state index contributed by atoms with van der Waals surface area (Å²) in [5.41, 5.74) is 1.20. The zero-order valence-corrected chi connectivity index (χ0v) is 12.5. The summed E-state index contributed by atoms with van der Waals surface area (Å²) in [4.78, 5) is 6.90. The molecular weight excluding hydrogens is 250 g/mol. The molecule has 3 rings (SSSR count). The number of piperidine rings is 1. The first-order valence-electron chi connectivity index (χ1n) is 7.78. The minimum absolute atomic E-state index is 0.698. The minimum atomic E-state index is 0.698. The molecule has 4 heteroatoms. The number of nitrogens with zero attached hydrogens (tertiary/aromatic N) is 2. The fourth-order valence-corrected chi connectivity index (χ4v) is 3.77. The quantitative estimate of drug-likeness (QED) is 0.894. The highest BCUT2D eigenvalue weighted by Crippen LogP contribution is 2.31. The molecule has 2 bridgehead atoms. The van der Waals surface area contributed by atoms with Crippen molar-refractivity contribution < 1.29 is 4.74 Å². The largest absolute Gasteiger partial charge is 0.481 e. The number of methoxy groups -OCH3 is 1. The Kier molecular flexibility index (Phi) is 4.22. The lowest BCUT2D eigenvalue weighted by atomic mass is 9.97. The first-order valence-corrected chi connectivity index (χ1v) is 7.78. The first-order chi connectivity index (χ1) is 9.80. The molecule has 1 aromatic heterocycles. The highest BCUT2D eigenvalue weighted by molar-refractivity contribution is 5.25. The number of hydrogen-bond donors (Lipinski definition) is 1. The van der Waals surface area contributed by atoms with Gasteiger partial charge in [0.1, 0.15) is 0 Å². The lowest BCUT2D eigenvalue weighted by Gasteiger charge is -2.37. The molecule has 0 saturated carbocycles. The number of rotatable bonds is 5. The number of aromatic nitrogens is 1. The molecule has 1 N–H and O–H groups in total. The van der Waals surface area contributed by atoms with Gasteiger partial charge in [-0.25, -0.2) is 4.98 Å². The van der Waals surface area contributed by atoms with Crippen molar-refractivity contribution in [2.75, 3.05) is 13.7 Å². The highest BCUT2D eigenvalue weighted by Gasteiger charge is 2.35. The van der Waals surface area contributed by atoms with Crippen LogP contribution in [0.3, 0.4) is 0 Å². The summed E-state index contributed by atoms with van der Waals surface area (Å²) in [7, 11) is 1.70. The van der Waals surface area contributed by atoms with E-state index >= 15 is 0 Å². The van der Waals surface area contributed by atoms with E-state index in [2.05, 4.69) is 28.2 Å². The summed E-state index contributed by atoms with van der Waals surface area (Å²) in [6.45, 7) is 4.28. The zero-order chi connectivity index (χ0) is 13.9. The lowest BCUT2D eigenvalue weighted by molar-refractivity contribution is 0.139. The fraction of sp³-hybridized carbons (Fsp3) is 0.688. The maximum atomic E-state index is 5.38. The maximum absolute atomic E-state index is 5.38. The van der Waals surface area contributed by atoms with Gasteiger partial charge in [-0.2, -0.15) is 0 Å². The monoisotopic (exact) mass is 275 g/mol. The smallest absolute Gasteiger partial charge is 0.217 e. The zero-order valence-electron chi connectivity index (χ0n) is 12.5. The van der Waals surface area contributed by atoms with Crippen molar-refractivity contribution in [2.24, 2.45) is 0 Å². The topological polar surface area (TPSA) is 37.4 Å². The summed E-state index contributed by atoms with van der Waals surface area (Å²) in [5.74, 6) is 0.767. The van der Waals surface area contributed by atoms with Crippen LogP contribution < -0.4 is 10.1 Å². The van der Waals surface area contributed by atoms with E-state index in [0.717, 1.165) is 31.1 Å². The minimum Gasteiger partial charge on any atom is -0.481 e. The Morgan fingerprint density at radius 2 is 2.10 bits per heavy atom. The summed E-state index contributed by atoms with van der Waals surface area (Å²) < 4.78 is 5.38. The molecule has 2 aliphatic heterocycles. The summed E-state index contributed by atoms with van der Waals surface area (Å²) >= 11 is 0. The van der Waals surface area contributed by atoms with E-state index in [1.165, 1.54) is 31.2 Å². The average molecular weight is 275 g/mol. The third-order valence-electron chi connectivity index (χ3n) is 4.79. The van der Waals surface area contributed by atoms with Crippen LogP contribution in [-0.4, -0.2) is 41.7 Å². The number of fused-ring (bicyclic) bond motifs is 2. The molecule has 0 spiro atoms. The van der Waals surface area contributed by atoms with E-state index in [-0.39, 0.29) is 0 Å². The Morgan fingerprint density at radius 1 is 1.35 bits per heavy atom. The molecule has 0 amide bonds. The molecule has 0 radical (unpaired) electrons. The van der Waals surface area contributed by atoms with Crippen LogP contribution in [0, 0.1) is 0 Å². The van der Waals surface area contributed by atoms with Crippen molar-refractivity contribution in [2.45, 2.75) is 57.3 Å². The van der Waals surface area contributed by atoms with Crippen molar-refractivity contribution in [3.63, 3.8) is 0 Å². The standard InChI is InChI=1S/C16H25N3O/c1-3-19(11-12-5-4-8-17-16(12)20-2)15-9-13-6-7-14(10-15)18-13/h4-5,8,13-15,18H,3,6-7,9-11H2,1-2H3. The van der Waals surface area contributed by atoms with Gasteiger partial charge in [0.05, 0.1) is 7.11 Å². The second-order valence-electron chi connectivity index (χ2n) is 6.00. The van der Waals surface area contributed by atoms with Gasteiger partial charge in [0, 0.05) is 36.4 Å². The van der Waals surface area contributed by atoms with Gasteiger partial charge in [0.25, 0.3) is 0 Å². The van der Waals surface area contributed by atoms with E-state index in [0.29, 0.717) is 6.04 Å². The van der Waals surface area contributed by atoms with E-state index < -0.39 is 0 Å². The van der Waals surface area contributed by atoms with Gasteiger partial charge in [-0.15, -0.1) is 0 Å². The van der Waals surface area contributed by atoms with Crippen molar-refractivity contribution in [3.05, 3.63) is 23.9 Å². The van der Waals surface area contributed by atoms with Gasteiger partial charge in [0.2, 0.25) is 5.88 Å². The maximum Gasteiger partial charge on any atom is 0.217 e. The molecular formula is C16H25N3O. The first kappa shape index (κ1) is 13.8. The second-order valence-corrected chi connectivity index (χ2v) is 6.00. The Morgan fingerprint density at radius 3 is 2.75 bits per heavy atom. The molecule has 2 atom stereocenters. The summed E-state index contributed by atoms with van der Waals surface area (Å²) in [6, 6.07) is 6.30. The van der Waals surface area contributed by atoms with Crippen LogP contribution in [-0.2, 0) is 6.54 Å². The molecule has 2 saturated heterocycles. The Balaban J connectivity index is 1.70. The van der Waals surface area contributed by atoms with Gasteiger partial charge < -0.3 is 10.1 Å². The average Bonchev–Trinajstić information content (AvgIpc) is 2.83. The molecule has 3 heterocycles. The van der Waals surface area contributed by atoms with E-state index in [9.17, 15) is 0 Å². The third-order valence-corrected chi connectivity index (χ3v) is 4.79. The van der Waals surface area contributed by atoms with Crippen molar-refractivity contribution in [1.29, 1.82) is 0 Å². The molecule has 2 unspecified atom stereocenters. The second kappa shape index (κ2) is 6.10. The Hall–Kier alpha value is -1.13. The van der Waals surface area contributed by atoms with Crippen LogP contribution in [0.5, 0.6) is 5.88 Å². The molecule has 2 fully saturated rings. The summed E-state index contributed by atoms with van der Waals surface area (Å²) in [6.07, 6.45) is 7.08. The lowest BCUT2D eigenvalue weighted by Crippen LogP contribution is -2.47. The number of nitrogens with one attached hydrogen (secondary N) is 1. The van der Waals surface area contributed by atoms with Crippen LogP contribution >= 0.6 is 0 Å². The molecule has 20 heavy (non-hydrogen) atoms. The van der Waals surface area contributed by atoms with E-state index in [4.69, 9.17) is 4.74 Å². The number of pyridine rings is 1. The van der Waals surface area contributed by atoms with Gasteiger partial charge in [-0.3, -0.25) is 4.90 Å². The van der Waals surface area contributed by atoms with Crippen LogP contribution in [0.2, 0.25) is 0 Å². The fourth-order valence-electron chi connectivity index (χ4n) is 3.77. The van der Waals surface area contributed by atoms with Crippen LogP contribution in [0.4, 0.5) is 0 Å². The van der Waals surface area contributed by atoms with Crippen molar-refractivity contribution in [1.82, 2.24) is 15.2 Å². The van der Waals surface area contributed by atoms with Gasteiger partial charge >= 0.3 is 0 Å². The predicted octanol–water partition coefficient (Wildman–Crippen LogP) is 2.20. The van der Waals surface area contributed by atoms with Crippen LogP contribution in [0.1, 0.15) is 38.2 Å². The molecule has 4 nitrogen and oxygen atoms in total. The Bertz CT molecular complexity index is 439. The summed E-state index contributed by atoms with van der Waals surface area (Å²) in [5, 5.41) is 3.72. The number of hydrogen-bond acceptors (Lipinski definition) is 4. The van der Waals surface area contributed by atoms with Gasteiger partial charge in [-0.05, 0) is 38.3 Å². The molecule has 110 valence electrons. The van der Waals surface area contributed by atoms with E-state index in [1.807, 2.05) is 6.07 Å². The van der Waals surface area contributed by atoms with Crippen LogP contribution in [0.25, 0.3) is 0 Å². The van der Waals surface area contributed by atoms with Gasteiger partial charge in [0.15, 0.2) is 0 Å². The third kappa shape index (κ3) is 2.81. The molecule has 1 aromatic rings. The molecule has 2 aliphatic rings. The predicted molar refractivity (Wildman–Crippen MR) is 79.8 cm³/mol. The highest BCUT2D eigenvalue weighted by atomic mass is 16.5.